The van der Waals surface area contributed by atoms with Gasteiger partial charge in [-0.3, -0.25) is 4.79 Å². The van der Waals surface area contributed by atoms with Crippen LogP contribution in [0.1, 0.15) is 60.3 Å². The highest BCUT2D eigenvalue weighted by molar-refractivity contribution is 5.65. The van der Waals surface area contributed by atoms with Gasteiger partial charge in [-0.15, -0.1) is 0 Å². The van der Waals surface area contributed by atoms with Crippen LogP contribution in [0, 0.1) is 23.2 Å². The first-order valence-electron chi connectivity index (χ1n) is 8.85. The van der Waals surface area contributed by atoms with Gasteiger partial charge in [0.15, 0.2) is 0 Å². The lowest BCUT2D eigenvalue weighted by Gasteiger charge is -2.55. The molecule has 1 fully saturated rings. The second kappa shape index (κ2) is 7.16. The van der Waals surface area contributed by atoms with Crippen LogP contribution in [0.5, 0.6) is 0 Å². The molecule has 0 aromatic carbocycles. The van der Waals surface area contributed by atoms with Crippen LogP contribution in [0.15, 0.2) is 11.6 Å². The lowest BCUT2D eigenvalue weighted by atomic mass is 9.56. The third kappa shape index (κ3) is 3.24. The zero-order valence-electron chi connectivity index (χ0n) is 14.9. The van der Waals surface area contributed by atoms with Gasteiger partial charge < -0.3 is 9.47 Å². The maximum atomic E-state index is 11.3. The van der Waals surface area contributed by atoms with Crippen molar-refractivity contribution in [3.8, 4) is 0 Å². The maximum Gasteiger partial charge on any atom is 0.302 e. The van der Waals surface area contributed by atoms with E-state index in [-0.39, 0.29) is 11.4 Å². The van der Waals surface area contributed by atoms with Crippen molar-refractivity contribution < 1.29 is 14.3 Å². The largest absolute Gasteiger partial charge is 0.465 e. The average molecular weight is 308 g/mol. The fourth-order valence-corrected chi connectivity index (χ4v) is 4.48. The van der Waals surface area contributed by atoms with Gasteiger partial charge in [0.05, 0.1) is 19.3 Å². The second-order valence-corrected chi connectivity index (χ2v) is 7.37. The van der Waals surface area contributed by atoms with E-state index < -0.39 is 0 Å². The molecule has 0 saturated carbocycles. The Hall–Kier alpha value is -0.830. The molecule has 0 aromatic heterocycles. The summed E-state index contributed by atoms with van der Waals surface area (Å²) in [7, 11) is 0. The van der Waals surface area contributed by atoms with Crippen LogP contribution in [0.4, 0.5) is 0 Å². The summed E-state index contributed by atoms with van der Waals surface area (Å²) in [6.45, 7) is 11.7. The van der Waals surface area contributed by atoms with Crippen LogP contribution in [0.3, 0.4) is 0 Å². The first-order valence-corrected chi connectivity index (χ1v) is 8.85. The van der Waals surface area contributed by atoms with E-state index in [0.29, 0.717) is 37.1 Å². The number of allylic oxidation sites excluding steroid dienone is 1. The lowest BCUT2D eigenvalue weighted by Crippen LogP contribution is -2.56. The second-order valence-electron chi connectivity index (χ2n) is 7.37. The van der Waals surface area contributed by atoms with Gasteiger partial charge in [-0.25, -0.2) is 0 Å². The molecule has 1 aliphatic carbocycles. The molecule has 2 rings (SSSR count). The van der Waals surface area contributed by atoms with Crippen LogP contribution in [0.2, 0.25) is 0 Å². The minimum atomic E-state index is -0.193. The molecule has 1 aliphatic heterocycles. The number of hydrogen-bond acceptors (Lipinski definition) is 3. The van der Waals surface area contributed by atoms with Crippen molar-refractivity contribution in [3.63, 3.8) is 0 Å². The number of carbonyl (C=O) groups excluding carboxylic acids is 1. The predicted molar refractivity (Wildman–Crippen MR) is 88.5 cm³/mol. The standard InChI is InChI=1S/C19H32O3/c1-6-7-8-9-17-18-13(2)10-14(3)19(12-22-17,15(18)4)11-21-16(5)20/h10,14-15,17-18H,6-9,11-12H2,1-5H3/t14-,15+,17+,18+,19+/m1/s1. The SMILES string of the molecule is CCCCC[C@@H]1OC[C@@]2(COC(C)=O)[C@H](C)C=C(C)[C@H]1[C@@H]2C. The number of unbranched alkanes of at least 4 members (excludes halogenated alkanes) is 2. The van der Waals surface area contributed by atoms with Crippen LogP contribution >= 0.6 is 0 Å². The minimum Gasteiger partial charge on any atom is -0.465 e. The van der Waals surface area contributed by atoms with Crippen LogP contribution in [-0.4, -0.2) is 25.3 Å². The molecule has 0 radical (unpaired) electrons. The highest BCUT2D eigenvalue weighted by Crippen LogP contribution is 2.53. The molecule has 126 valence electrons. The Balaban J connectivity index is 2.17. The highest BCUT2D eigenvalue weighted by atomic mass is 16.5. The number of hydrogen-bond donors (Lipinski definition) is 0. The van der Waals surface area contributed by atoms with E-state index in [1.54, 1.807) is 0 Å². The normalized spacial score (nSPS) is 37.6. The summed E-state index contributed by atoms with van der Waals surface area (Å²) in [6.07, 6.45) is 7.63. The molecule has 5 atom stereocenters. The molecule has 0 unspecified atom stereocenters. The van der Waals surface area contributed by atoms with Gasteiger partial charge in [-0.1, -0.05) is 51.7 Å². The molecule has 3 heteroatoms. The van der Waals surface area contributed by atoms with Crippen molar-refractivity contribution >= 4 is 5.97 Å². The zero-order valence-corrected chi connectivity index (χ0v) is 14.9. The van der Waals surface area contributed by atoms with E-state index in [9.17, 15) is 4.79 Å². The van der Waals surface area contributed by atoms with Gasteiger partial charge in [0.1, 0.15) is 0 Å². The quantitative estimate of drug-likeness (QED) is 0.415. The Morgan fingerprint density at radius 3 is 2.77 bits per heavy atom. The van der Waals surface area contributed by atoms with Gasteiger partial charge in [0.2, 0.25) is 0 Å². The molecule has 2 bridgehead atoms. The predicted octanol–water partition coefficient (Wildman–Crippen LogP) is 4.36. The number of carbonyl (C=O) groups is 1. The molecular weight excluding hydrogens is 276 g/mol. The number of ether oxygens (including phenoxy) is 2. The molecule has 3 nitrogen and oxygen atoms in total. The Morgan fingerprint density at radius 2 is 2.14 bits per heavy atom. The van der Waals surface area contributed by atoms with Crippen molar-refractivity contribution in [2.45, 2.75) is 66.4 Å². The van der Waals surface area contributed by atoms with Crippen LogP contribution in [0.25, 0.3) is 0 Å². The van der Waals surface area contributed by atoms with Gasteiger partial charge in [-0.05, 0) is 25.2 Å². The molecule has 0 N–H and O–H groups in total. The topological polar surface area (TPSA) is 35.5 Å². The molecule has 2 aliphatic rings. The van der Waals surface area contributed by atoms with Crippen LogP contribution < -0.4 is 0 Å². The van der Waals surface area contributed by atoms with Crippen molar-refractivity contribution in [1.82, 2.24) is 0 Å². The summed E-state index contributed by atoms with van der Waals surface area (Å²) in [5.41, 5.74) is 1.40. The van der Waals surface area contributed by atoms with Crippen molar-refractivity contribution in [2.24, 2.45) is 23.2 Å². The molecule has 1 heterocycles. The van der Waals surface area contributed by atoms with E-state index in [4.69, 9.17) is 9.47 Å². The Morgan fingerprint density at radius 1 is 1.41 bits per heavy atom. The Labute approximate surface area is 135 Å². The fourth-order valence-electron chi connectivity index (χ4n) is 4.48. The molecule has 1 saturated heterocycles. The van der Waals surface area contributed by atoms with Crippen molar-refractivity contribution in [3.05, 3.63) is 11.6 Å². The third-order valence-corrected chi connectivity index (χ3v) is 5.99. The number of rotatable bonds is 6. The van der Waals surface area contributed by atoms with Gasteiger partial charge in [-0.2, -0.15) is 0 Å². The smallest absolute Gasteiger partial charge is 0.302 e. The number of fused-ring (bicyclic) bond motifs is 2. The van der Waals surface area contributed by atoms with E-state index in [1.807, 2.05) is 0 Å². The highest BCUT2D eigenvalue weighted by Gasteiger charge is 2.53. The van der Waals surface area contributed by atoms with Gasteiger partial charge >= 0.3 is 5.97 Å². The molecule has 0 spiro atoms. The fraction of sp³-hybridized carbons (Fsp3) is 0.842. The molecule has 22 heavy (non-hydrogen) atoms. The summed E-state index contributed by atoms with van der Waals surface area (Å²) < 4.78 is 11.7. The third-order valence-electron chi connectivity index (χ3n) is 5.99. The Kier molecular flexibility index (Phi) is 5.70. The minimum absolute atomic E-state index is 0.0584. The number of esters is 1. The van der Waals surface area contributed by atoms with E-state index in [1.165, 1.54) is 31.8 Å². The average Bonchev–Trinajstić information content (AvgIpc) is 2.45. The van der Waals surface area contributed by atoms with Gasteiger partial charge in [0, 0.05) is 18.3 Å². The molecular formula is C19H32O3. The summed E-state index contributed by atoms with van der Waals surface area (Å²) in [4.78, 5) is 11.3. The van der Waals surface area contributed by atoms with E-state index in [2.05, 4.69) is 33.8 Å². The Bertz CT molecular complexity index is 428. The van der Waals surface area contributed by atoms with E-state index >= 15 is 0 Å². The zero-order chi connectivity index (χ0) is 16.3. The molecule has 0 amide bonds. The maximum absolute atomic E-state index is 11.3. The van der Waals surface area contributed by atoms with Crippen LogP contribution in [-0.2, 0) is 14.3 Å². The summed E-state index contributed by atoms with van der Waals surface area (Å²) in [5.74, 6) is 1.15. The van der Waals surface area contributed by atoms with Crippen molar-refractivity contribution in [1.29, 1.82) is 0 Å². The van der Waals surface area contributed by atoms with Gasteiger partial charge in [0.25, 0.3) is 0 Å². The van der Waals surface area contributed by atoms with Crippen molar-refractivity contribution in [2.75, 3.05) is 13.2 Å². The van der Waals surface area contributed by atoms with E-state index in [0.717, 1.165) is 6.42 Å². The molecule has 0 aromatic rings. The lowest BCUT2D eigenvalue weighted by molar-refractivity contribution is -0.180. The first-order chi connectivity index (χ1) is 10.4. The summed E-state index contributed by atoms with van der Waals surface area (Å²) >= 11 is 0. The summed E-state index contributed by atoms with van der Waals surface area (Å²) in [5, 5.41) is 0. The first kappa shape index (κ1) is 17.5. The monoisotopic (exact) mass is 308 g/mol. The summed E-state index contributed by atoms with van der Waals surface area (Å²) in [6, 6.07) is 0.